The average molecular weight is 480 g/mol. The quantitative estimate of drug-likeness (QED) is 0.599. The van der Waals surface area contributed by atoms with Gasteiger partial charge in [0.15, 0.2) is 0 Å². The summed E-state index contributed by atoms with van der Waals surface area (Å²) in [5.74, 6) is -1.46. The summed E-state index contributed by atoms with van der Waals surface area (Å²) in [6, 6.07) is 5.26. The molecule has 2 aromatic rings. The predicted octanol–water partition coefficient (Wildman–Crippen LogP) is 2.97. The van der Waals surface area contributed by atoms with E-state index in [1.807, 2.05) is 0 Å². The van der Waals surface area contributed by atoms with Gasteiger partial charge in [-0.3, -0.25) is 9.69 Å². The Morgan fingerprint density at radius 1 is 1.19 bits per heavy atom. The van der Waals surface area contributed by atoms with Crippen molar-refractivity contribution in [2.24, 2.45) is 0 Å². The number of thiophene rings is 1. The number of carbonyl (C=O) groups is 1. The summed E-state index contributed by atoms with van der Waals surface area (Å²) in [7, 11) is -3.56. The number of carbonyl (C=O) groups excluding carboxylic acids is 1. The third-order valence-corrected chi connectivity index (χ3v) is 7.81. The van der Waals surface area contributed by atoms with Crippen LogP contribution in [0.15, 0.2) is 39.9 Å². The number of hydrogen-bond donors (Lipinski definition) is 2. The zero-order valence-electron chi connectivity index (χ0n) is 16.3. The molecule has 6 nitrogen and oxygen atoms in total. The number of nitrogens with one attached hydrogen (secondary N) is 2. The van der Waals surface area contributed by atoms with Gasteiger partial charge < -0.3 is 5.32 Å². The fraction of sp³-hybridized carbons (Fsp3) is 0.421. The van der Waals surface area contributed by atoms with Crippen LogP contribution in [0.4, 0.5) is 17.6 Å². The van der Waals surface area contributed by atoms with Gasteiger partial charge in [0.1, 0.15) is 10.0 Å². The van der Waals surface area contributed by atoms with E-state index >= 15 is 0 Å². The molecule has 0 unspecified atom stereocenters. The van der Waals surface area contributed by atoms with E-state index in [1.54, 1.807) is 16.3 Å². The van der Waals surface area contributed by atoms with Crippen LogP contribution in [0.1, 0.15) is 24.0 Å². The highest BCUT2D eigenvalue weighted by atomic mass is 32.2. The average Bonchev–Trinajstić information content (AvgIpc) is 3.23. The number of alkyl halides is 3. The number of amides is 1. The van der Waals surface area contributed by atoms with Crippen LogP contribution in [-0.2, 0) is 27.5 Å². The number of halogens is 4. The fourth-order valence-electron chi connectivity index (χ4n) is 3.32. The molecule has 1 aliphatic rings. The largest absolute Gasteiger partial charge is 0.416 e. The molecule has 0 aliphatic carbocycles. The molecule has 0 radical (unpaired) electrons. The Hall–Kier alpha value is -2.02. The molecule has 2 heterocycles. The number of sulfonamides is 1. The maximum absolute atomic E-state index is 13.2. The molecule has 0 spiro atoms. The van der Waals surface area contributed by atoms with Crippen molar-refractivity contribution in [3.8, 4) is 0 Å². The zero-order chi connectivity index (χ0) is 22.6. The van der Waals surface area contributed by atoms with Gasteiger partial charge in [-0.25, -0.2) is 17.5 Å². The lowest BCUT2D eigenvalue weighted by molar-refractivity contribution is -0.138. The monoisotopic (exact) mass is 479 g/mol. The second kappa shape index (κ2) is 9.63. The van der Waals surface area contributed by atoms with Gasteiger partial charge in [-0.2, -0.15) is 13.2 Å². The molecular formula is C19H21F4N3O3S2. The maximum Gasteiger partial charge on any atom is 0.416 e. The van der Waals surface area contributed by atoms with Crippen molar-refractivity contribution in [2.45, 2.75) is 35.8 Å². The van der Waals surface area contributed by atoms with Gasteiger partial charge in [0.25, 0.3) is 0 Å². The third-order valence-electron chi connectivity index (χ3n) is 4.89. The first-order chi connectivity index (χ1) is 14.5. The third kappa shape index (κ3) is 6.48. The van der Waals surface area contributed by atoms with E-state index in [2.05, 4.69) is 10.0 Å². The minimum atomic E-state index is -4.72. The SMILES string of the molecule is O=C(CN1CCC(NS(=O)(=O)c2cccs2)CC1)NCc1ccc(F)cc1C(F)(F)F. The van der Waals surface area contributed by atoms with Crippen molar-refractivity contribution in [1.82, 2.24) is 14.9 Å². The van der Waals surface area contributed by atoms with E-state index in [0.29, 0.717) is 32.0 Å². The van der Waals surface area contributed by atoms with Gasteiger partial charge in [0, 0.05) is 25.7 Å². The summed E-state index contributed by atoms with van der Waals surface area (Å²) in [6.45, 7) is 0.544. The van der Waals surface area contributed by atoms with Crippen molar-refractivity contribution in [3.63, 3.8) is 0 Å². The molecule has 1 aromatic heterocycles. The molecule has 0 saturated carbocycles. The Morgan fingerprint density at radius 3 is 2.52 bits per heavy atom. The van der Waals surface area contributed by atoms with Crippen LogP contribution in [-0.4, -0.2) is 44.9 Å². The second-order valence-electron chi connectivity index (χ2n) is 7.18. The van der Waals surface area contributed by atoms with E-state index in [0.717, 1.165) is 23.5 Å². The van der Waals surface area contributed by atoms with Crippen LogP contribution in [0, 0.1) is 5.82 Å². The van der Waals surface area contributed by atoms with E-state index in [1.165, 1.54) is 6.07 Å². The molecule has 31 heavy (non-hydrogen) atoms. The smallest absolute Gasteiger partial charge is 0.351 e. The van der Waals surface area contributed by atoms with Crippen molar-refractivity contribution in [2.75, 3.05) is 19.6 Å². The molecule has 3 rings (SSSR count). The molecular weight excluding hydrogens is 458 g/mol. The first-order valence-corrected chi connectivity index (χ1v) is 11.8. The van der Waals surface area contributed by atoms with Gasteiger partial charge in [0.05, 0.1) is 12.1 Å². The van der Waals surface area contributed by atoms with Crippen molar-refractivity contribution in [3.05, 3.63) is 52.7 Å². The number of rotatable bonds is 7. The standard InChI is InChI=1S/C19H21F4N3O3S2/c20-14-4-3-13(16(10-14)19(21,22)23)11-24-17(27)12-26-7-5-15(6-8-26)25-31(28,29)18-2-1-9-30-18/h1-4,9-10,15,25H,5-8,11-12H2,(H,24,27). The second-order valence-corrected chi connectivity index (χ2v) is 10.1. The Bertz CT molecular complexity index is 1000. The first-order valence-electron chi connectivity index (χ1n) is 9.45. The van der Waals surface area contributed by atoms with E-state index in [-0.39, 0.29) is 28.9 Å². The normalized spacial score (nSPS) is 16.4. The van der Waals surface area contributed by atoms with Crippen LogP contribution in [0.5, 0.6) is 0 Å². The minimum Gasteiger partial charge on any atom is -0.351 e. The summed E-state index contributed by atoms with van der Waals surface area (Å²) in [6.07, 6.45) is -3.71. The maximum atomic E-state index is 13.2. The van der Waals surface area contributed by atoms with Gasteiger partial charge >= 0.3 is 6.18 Å². The van der Waals surface area contributed by atoms with Crippen molar-refractivity contribution >= 4 is 27.3 Å². The lowest BCUT2D eigenvalue weighted by Gasteiger charge is -2.31. The van der Waals surface area contributed by atoms with Crippen LogP contribution in [0.3, 0.4) is 0 Å². The number of piperidine rings is 1. The molecule has 1 aromatic carbocycles. The van der Waals surface area contributed by atoms with Crippen LogP contribution >= 0.6 is 11.3 Å². The predicted molar refractivity (Wildman–Crippen MR) is 107 cm³/mol. The zero-order valence-corrected chi connectivity index (χ0v) is 17.9. The molecule has 0 atom stereocenters. The first kappa shape index (κ1) is 23.6. The molecule has 12 heteroatoms. The van der Waals surface area contributed by atoms with E-state index < -0.39 is 33.5 Å². The lowest BCUT2D eigenvalue weighted by atomic mass is 10.1. The van der Waals surface area contributed by atoms with E-state index in [4.69, 9.17) is 0 Å². The number of likely N-dealkylation sites (tertiary alicyclic amines) is 1. The molecule has 0 bridgehead atoms. The van der Waals surface area contributed by atoms with Gasteiger partial charge in [-0.05, 0) is 42.0 Å². The summed E-state index contributed by atoms with van der Waals surface area (Å²) in [5.41, 5.74) is -1.34. The molecule has 1 amide bonds. The van der Waals surface area contributed by atoms with Gasteiger partial charge in [0.2, 0.25) is 15.9 Å². The topological polar surface area (TPSA) is 78.5 Å². The molecule has 2 N–H and O–H groups in total. The molecule has 1 saturated heterocycles. The highest BCUT2D eigenvalue weighted by Gasteiger charge is 2.34. The van der Waals surface area contributed by atoms with Crippen LogP contribution in [0.2, 0.25) is 0 Å². The van der Waals surface area contributed by atoms with Crippen molar-refractivity contribution < 1.29 is 30.8 Å². The number of nitrogens with zero attached hydrogens (tertiary/aromatic N) is 1. The summed E-state index contributed by atoms with van der Waals surface area (Å²) < 4.78 is 79.7. The van der Waals surface area contributed by atoms with Gasteiger partial charge in [-0.1, -0.05) is 12.1 Å². The highest BCUT2D eigenvalue weighted by molar-refractivity contribution is 7.91. The Morgan fingerprint density at radius 2 is 1.90 bits per heavy atom. The molecule has 1 fully saturated rings. The summed E-state index contributed by atoms with van der Waals surface area (Å²) in [4.78, 5) is 14.0. The molecule has 1 aliphatic heterocycles. The fourth-order valence-corrected chi connectivity index (χ4v) is 5.64. The van der Waals surface area contributed by atoms with Crippen LogP contribution < -0.4 is 10.0 Å². The Labute approximate surface area is 181 Å². The minimum absolute atomic E-state index is 0.0209. The van der Waals surface area contributed by atoms with E-state index in [9.17, 15) is 30.8 Å². The van der Waals surface area contributed by atoms with Gasteiger partial charge in [-0.15, -0.1) is 11.3 Å². The van der Waals surface area contributed by atoms with Crippen LogP contribution in [0.25, 0.3) is 0 Å². The molecule has 170 valence electrons. The number of hydrogen-bond acceptors (Lipinski definition) is 5. The Balaban J connectivity index is 1.47. The summed E-state index contributed by atoms with van der Waals surface area (Å²) >= 11 is 1.13. The summed E-state index contributed by atoms with van der Waals surface area (Å²) in [5, 5.41) is 4.11. The number of benzene rings is 1. The Kier molecular flexibility index (Phi) is 7.35. The van der Waals surface area contributed by atoms with Crippen molar-refractivity contribution in [1.29, 1.82) is 0 Å². The lowest BCUT2D eigenvalue weighted by Crippen LogP contribution is -2.47. The highest BCUT2D eigenvalue weighted by Crippen LogP contribution is 2.32.